The van der Waals surface area contributed by atoms with Crippen LogP contribution in [0.15, 0.2) is 12.2 Å². The van der Waals surface area contributed by atoms with Gasteiger partial charge in [0.1, 0.15) is 17.8 Å². The van der Waals surface area contributed by atoms with E-state index in [-0.39, 0.29) is 17.9 Å². The number of rotatable bonds is 7. The number of hydrogen-bond donors (Lipinski definition) is 0. The second-order valence-corrected chi connectivity index (χ2v) is 8.89. The molecule has 2 bridgehead atoms. The van der Waals surface area contributed by atoms with Crippen molar-refractivity contribution in [2.45, 2.75) is 77.1 Å². The van der Waals surface area contributed by atoms with Gasteiger partial charge in [-0.25, -0.2) is 9.59 Å². The summed E-state index contributed by atoms with van der Waals surface area (Å²) < 4.78 is 21.5. The molecule has 2 aliphatic carbocycles. The zero-order valence-corrected chi connectivity index (χ0v) is 17.8. The van der Waals surface area contributed by atoms with E-state index in [1.54, 1.807) is 0 Å². The zero-order valence-electron chi connectivity index (χ0n) is 17.8. The highest BCUT2D eigenvalue weighted by Crippen LogP contribution is 2.44. The van der Waals surface area contributed by atoms with E-state index >= 15 is 0 Å². The largest absolute Gasteiger partial charge is 0.459 e. The van der Waals surface area contributed by atoms with Gasteiger partial charge in [-0.05, 0) is 38.5 Å². The molecule has 4 atom stereocenters. The number of fused-ring (bicyclic) bond motifs is 2. The Balaban J connectivity index is 1.65. The number of carbonyl (C=O) groups is 4. The fraction of sp³-hybridized carbons (Fsp3) is 0.727. The maximum atomic E-state index is 13.1. The lowest BCUT2D eigenvalue weighted by Gasteiger charge is -2.36. The van der Waals surface area contributed by atoms with Crippen molar-refractivity contribution < 1.29 is 38.1 Å². The van der Waals surface area contributed by atoms with Crippen LogP contribution in [-0.2, 0) is 38.1 Å². The minimum atomic E-state index is -0.778. The summed E-state index contributed by atoms with van der Waals surface area (Å²) in [6.07, 6.45) is 2.71. The lowest BCUT2D eigenvalue weighted by Crippen LogP contribution is -2.45. The van der Waals surface area contributed by atoms with Gasteiger partial charge >= 0.3 is 23.9 Å². The predicted octanol–water partition coefficient (Wildman–Crippen LogP) is 2.48. The summed E-state index contributed by atoms with van der Waals surface area (Å²) in [5.74, 6) is -3.47. The predicted molar refractivity (Wildman–Crippen MR) is 104 cm³/mol. The van der Waals surface area contributed by atoms with Crippen LogP contribution in [0.4, 0.5) is 0 Å². The van der Waals surface area contributed by atoms with Gasteiger partial charge in [0, 0.05) is 18.4 Å². The Morgan fingerprint density at radius 2 is 1.87 bits per heavy atom. The number of esters is 4. The minimum absolute atomic E-state index is 0.147. The Labute approximate surface area is 176 Å². The molecule has 0 spiro atoms. The van der Waals surface area contributed by atoms with Crippen molar-refractivity contribution in [1.29, 1.82) is 0 Å². The number of carbonyl (C=O) groups excluding carboxylic acids is 4. The molecule has 8 heteroatoms. The molecule has 3 fully saturated rings. The molecule has 0 aromatic carbocycles. The summed E-state index contributed by atoms with van der Waals surface area (Å²) in [4.78, 5) is 48.9. The first kappa shape index (κ1) is 22.3. The van der Waals surface area contributed by atoms with Crippen molar-refractivity contribution in [3.63, 3.8) is 0 Å². The summed E-state index contributed by atoms with van der Waals surface area (Å²) in [5.41, 5.74) is -0.332. The fourth-order valence-corrected chi connectivity index (χ4v) is 4.64. The zero-order chi connectivity index (χ0) is 22.1. The maximum Gasteiger partial charge on any atom is 0.344 e. The van der Waals surface area contributed by atoms with Gasteiger partial charge in [0.05, 0.1) is 11.8 Å². The molecule has 0 aromatic heterocycles. The average molecular weight is 422 g/mol. The van der Waals surface area contributed by atoms with E-state index in [1.807, 2.05) is 13.8 Å². The van der Waals surface area contributed by atoms with E-state index in [4.69, 9.17) is 18.9 Å². The molecule has 3 aliphatic rings. The van der Waals surface area contributed by atoms with Crippen LogP contribution in [0.3, 0.4) is 0 Å². The van der Waals surface area contributed by atoms with Crippen LogP contribution in [-0.4, -0.2) is 48.3 Å². The van der Waals surface area contributed by atoms with Crippen LogP contribution in [0, 0.1) is 17.8 Å². The Hall–Kier alpha value is -2.38. The molecule has 0 amide bonds. The van der Waals surface area contributed by atoms with Crippen LogP contribution in [0.25, 0.3) is 0 Å². The van der Waals surface area contributed by atoms with E-state index < -0.39 is 60.1 Å². The van der Waals surface area contributed by atoms with Gasteiger partial charge in [0.15, 0.2) is 6.61 Å². The lowest BCUT2D eigenvalue weighted by molar-refractivity contribution is -0.178. The first-order chi connectivity index (χ1) is 14.1. The van der Waals surface area contributed by atoms with Crippen LogP contribution in [0.5, 0.6) is 0 Å². The van der Waals surface area contributed by atoms with Gasteiger partial charge in [-0.2, -0.15) is 0 Å². The highest BCUT2D eigenvalue weighted by atomic mass is 16.6. The summed E-state index contributed by atoms with van der Waals surface area (Å²) >= 11 is 0. The second-order valence-electron chi connectivity index (χ2n) is 8.89. The quantitative estimate of drug-likeness (QED) is 0.350. The van der Waals surface area contributed by atoms with Crippen LogP contribution >= 0.6 is 0 Å². The Bertz CT molecular complexity index is 733. The minimum Gasteiger partial charge on any atom is -0.459 e. The van der Waals surface area contributed by atoms with Gasteiger partial charge in [-0.3, -0.25) is 9.59 Å². The third-order valence-corrected chi connectivity index (χ3v) is 6.50. The molecular formula is C22H30O8. The van der Waals surface area contributed by atoms with Crippen molar-refractivity contribution in [2.24, 2.45) is 17.8 Å². The molecule has 1 aliphatic heterocycles. The maximum absolute atomic E-state index is 13.1. The molecular weight excluding hydrogens is 392 g/mol. The lowest BCUT2D eigenvalue weighted by atomic mass is 9.78. The average Bonchev–Trinajstić information content (AvgIpc) is 3.28. The molecule has 8 nitrogen and oxygen atoms in total. The molecule has 30 heavy (non-hydrogen) atoms. The highest BCUT2D eigenvalue weighted by molar-refractivity contribution is 5.88. The van der Waals surface area contributed by atoms with Crippen LogP contribution in [0.2, 0.25) is 0 Å². The molecule has 3 rings (SSSR count). The highest BCUT2D eigenvalue weighted by Gasteiger charge is 2.54. The Kier molecular flexibility index (Phi) is 6.53. The number of ether oxygens (including phenoxy) is 4. The van der Waals surface area contributed by atoms with Gasteiger partial charge in [-0.15, -0.1) is 0 Å². The van der Waals surface area contributed by atoms with Crippen molar-refractivity contribution in [3.8, 4) is 0 Å². The third kappa shape index (κ3) is 4.52. The van der Waals surface area contributed by atoms with Crippen molar-refractivity contribution in [2.75, 3.05) is 6.61 Å². The van der Waals surface area contributed by atoms with E-state index in [9.17, 15) is 19.2 Å². The fourth-order valence-electron chi connectivity index (χ4n) is 4.64. The van der Waals surface area contributed by atoms with Crippen molar-refractivity contribution in [1.82, 2.24) is 0 Å². The normalized spacial score (nSPS) is 29.3. The standard InChI is InChI=1S/C22H30O8/c1-12(2)19(24)27-11-18(23)28-16-10-15(14-9-17(16)29-20(14)25)21(26)30-22(13(3)4)7-5-6-8-22/h13-17H,1,5-11H2,2-4H3. The summed E-state index contributed by atoms with van der Waals surface area (Å²) in [5, 5.41) is 0. The second kappa shape index (κ2) is 8.78. The van der Waals surface area contributed by atoms with E-state index in [2.05, 4.69) is 6.58 Å². The first-order valence-electron chi connectivity index (χ1n) is 10.6. The van der Waals surface area contributed by atoms with Gasteiger partial charge in [-0.1, -0.05) is 20.4 Å². The third-order valence-electron chi connectivity index (χ3n) is 6.50. The Morgan fingerprint density at radius 3 is 2.47 bits per heavy atom. The van der Waals surface area contributed by atoms with E-state index in [1.165, 1.54) is 6.92 Å². The van der Waals surface area contributed by atoms with Crippen LogP contribution in [0.1, 0.15) is 59.3 Å². The molecule has 4 unspecified atom stereocenters. The van der Waals surface area contributed by atoms with Gasteiger partial charge < -0.3 is 18.9 Å². The van der Waals surface area contributed by atoms with E-state index in [0.29, 0.717) is 6.42 Å². The smallest absolute Gasteiger partial charge is 0.344 e. The Morgan fingerprint density at radius 1 is 1.20 bits per heavy atom. The first-order valence-corrected chi connectivity index (χ1v) is 10.6. The molecule has 166 valence electrons. The SMILES string of the molecule is C=C(C)C(=O)OCC(=O)OC1CC(C(=O)OC2(C(C)C)CCCC2)C2CC1OC2=O. The van der Waals surface area contributed by atoms with Gasteiger partial charge in [0.2, 0.25) is 0 Å². The molecule has 2 saturated carbocycles. The topological polar surface area (TPSA) is 105 Å². The monoisotopic (exact) mass is 422 g/mol. The summed E-state index contributed by atoms with van der Waals surface area (Å²) in [6, 6.07) is 0. The van der Waals surface area contributed by atoms with Crippen LogP contribution < -0.4 is 0 Å². The molecule has 1 saturated heterocycles. The summed E-state index contributed by atoms with van der Waals surface area (Å²) in [6.45, 7) is 8.42. The van der Waals surface area contributed by atoms with Crippen molar-refractivity contribution >= 4 is 23.9 Å². The molecule has 0 radical (unpaired) electrons. The summed E-state index contributed by atoms with van der Waals surface area (Å²) in [7, 11) is 0. The number of hydrogen-bond acceptors (Lipinski definition) is 8. The van der Waals surface area contributed by atoms with E-state index in [0.717, 1.165) is 25.7 Å². The molecule has 0 aromatic rings. The van der Waals surface area contributed by atoms with Gasteiger partial charge in [0.25, 0.3) is 0 Å². The molecule has 0 N–H and O–H groups in total. The van der Waals surface area contributed by atoms with Crippen molar-refractivity contribution in [3.05, 3.63) is 12.2 Å². The molecule has 1 heterocycles.